The van der Waals surface area contributed by atoms with Crippen LogP contribution in [0.4, 0.5) is 10.1 Å². The van der Waals surface area contributed by atoms with Crippen molar-refractivity contribution in [1.29, 1.82) is 0 Å². The van der Waals surface area contributed by atoms with Crippen LogP contribution in [0.2, 0.25) is 0 Å². The van der Waals surface area contributed by atoms with Gasteiger partial charge < -0.3 is 15.5 Å². The van der Waals surface area contributed by atoms with Crippen LogP contribution < -0.4 is 15.5 Å². The molecule has 1 amide bonds. The summed E-state index contributed by atoms with van der Waals surface area (Å²) in [6, 6.07) is 4.67. The number of hydrogen-bond acceptors (Lipinski definition) is 3. The summed E-state index contributed by atoms with van der Waals surface area (Å²) < 4.78 is 14.0. The third kappa shape index (κ3) is 3.81. The molecule has 0 saturated carbocycles. The largest absolute Gasteiger partial charge is 0.367 e. The van der Waals surface area contributed by atoms with Gasteiger partial charge in [0.05, 0.1) is 5.69 Å². The van der Waals surface area contributed by atoms with Crippen LogP contribution in [0.25, 0.3) is 0 Å². The molecule has 1 fully saturated rings. The van der Waals surface area contributed by atoms with Gasteiger partial charge in [-0.25, -0.2) is 4.39 Å². The second kappa shape index (κ2) is 7.31. The molecular weight excluding hydrogens is 269 g/mol. The number of halogens is 2. The number of nitrogens with one attached hydrogen (secondary N) is 2. The lowest BCUT2D eigenvalue weighted by molar-refractivity contribution is 0.0955. The molecule has 1 aromatic rings. The third-order valence-electron chi connectivity index (χ3n) is 3.00. The predicted octanol–water partition coefficient (Wildman–Crippen LogP) is 1.41. The quantitative estimate of drug-likeness (QED) is 0.883. The standard InChI is InChI=1S/C13H18FN3O.ClH/c1-2-16-13(18)10-3-4-12(11(14)9-10)17-7-5-15-6-8-17;/h3-4,9,15H,2,5-8H2,1H3,(H,16,18);1H. The smallest absolute Gasteiger partial charge is 0.251 e. The molecule has 106 valence electrons. The molecule has 4 nitrogen and oxygen atoms in total. The topological polar surface area (TPSA) is 44.4 Å². The number of anilines is 1. The Morgan fingerprint density at radius 1 is 1.42 bits per heavy atom. The van der Waals surface area contributed by atoms with Gasteiger partial charge in [-0.05, 0) is 25.1 Å². The summed E-state index contributed by atoms with van der Waals surface area (Å²) in [5.41, 5.74) is 0.942. The van der Waals surface area contributed by atoms with Crippen LogP contribution in [0.15, 0.2) is 18.2 Å². The highest BCUT2D eigenvalue weighted by atomic mass is 35.5. The highest BCUT2D eigenvalue weighted by Gasteiger charge is 2.16. The van der Waals surface area contributed by atoms with Gasteiger partial charge in [0.15, 0.2) is 0 Å². The Bertz CT molecular complexity index is 436. The minimum atomic E-state index is -0.333. The zero-order chi connectivity index (χ0) is 13.0. The Labute approximate surface area is 118 Å². The summed E-state index contributed by atoms with van der Waals surface area (Å²) in [6.07, 6.45) is 0. The van der Waals surface area contributed by atoms with Crippen LogP contribution >= 0.6 is 12.4 Å². The van der Waals surface area contributed by atoms with Crippen LogP contribution in [0.1, 0.15) is 17.3 Å². The predicted molar refractivity (Wildman–Crippen MR) is 76.7 cm³/mol. The molecule has 0 spiro atoms. The molecule has 6 heteroatoms. The maximum Gasteiger partial charge on any atom is 0.251 e. The van der Waals surface area contributed by atoms with E-state index in [1.165, 1.54) is 6.07 Å². The second-order valence-corrected chi connectivity index (χ2v) is 4.26. The number of benzene rings is 1. The fourth-order valence-electron chi connectivity index (χ4n) is 2.07. The highest BCUT2D eigenvalue weighted by molar-refractivity contribution is 5.94. The molecule has 0 atom stereocenters. The van der Waals surface area contributed by atoms with Gasteiger partial charge in [-0.3, -0.25) is 4.79 Å². The van der Waals surface area contributed by atoms with Crippen LogP contribution in [0.3, 0.4) is 0 Å². The fourth-order valence-corrected chi connectivity index (χ4v) is 2.07. The van der Waals surface area contributed by atoms with Crippen LogP contribution in [0, 0.1) is 5.82 Å². The normalized spacial score (nSPS) is 14.7. The van der Waals surface area contributed by atoms with E-state index in [4.69, 9.17) is 0 Å². The number of piperazine rings is 1. The average molecular weight is 288 g/mol. The van der Waals surface area contributed by atoms with Crippen molar-refractivity contribution in [2.45, 2.75) is 6.92 Å². The van der Waals surface area contributed by atoms with E-state index in [9.17, 15) is 9.18 Å². The molecule has 0 aliphatic carbocycles. The van der Waals surface area contributed by atoms with Gasteiger partial charge in [-0.1, -0.05) is 0 Å². The lowest BCUT2D eigenvalue weighted by atomic mass is 10.1. The van der Waals surface area contributed by atoms with Crippen molar-refractivity contribution in [3.05, 3.63) is 29.6 Å². The Kier molecular flexibility index (Phi) is 6.05. The third-order valence-corrected chi connectivity index (χ3v) is 3.00. The molecule has 0 bridgehead atoms. The Hall–Kier alpha value is -1.33. The summed E-state index contributed by atoms with van der Waals surface area (Å²) >= 11 is 0. The molecule has 19 heavy (non-hydrogen) atoms. The maximum absolute atomic E-state index is 14.0. The second-order valence-electron chi connectivity index (χ2n) is 4.26. The molecule has 2 rings (SSSR count). The molecular formula is C13H19ClFN3O. The van der Waals surface area contributed by atoms with Crippen LogP contribution in [-0.4, -0.2) is 38.6 Å². The lowest BCUT2D eigenvalue weighted by Crippen LogP contribution is -2.43. The molecule has 0 aromatic heterocycles. The van der Waals surface area contributed by atoms with Crippen molar-refractivity contribution in [2.75, 3.05) is 37.6 Å². The Balaban J connectivity index is 0.00000180. The Morgan fingerprint density at radius 2 is 2.11 bits per heavy atom. The monoisotopic (exact) mass is 287 g/mol. The van der Waals surface area contributed by atoms with Crippen molar-refractivity contribution in [3.63, 3.8) is 0 Å². The van der Waals surface area contributed by atoms with Crippen molar-refractivity contribution in [2.24, 2.45) is 0 Å². The number of nitrogens with zero attached hydrogens (tertiary/aromatic N) is 1. The molecule has 1 aliphatic rings. The van der Waals surface area contributed by atoms with E-state index in [0.29, 0.717) is 17.8 Å². The van der Waals surface area contributed by atoms with Crippen molar-refractivity contribution < 1.29 is 9.18 Å². The summed E-state index contributed by atoms with van der Waals surface area (Å²) in [5, 5.41) is 5.88. The van der Waals surface area contributed by atoms with Gasteiger partial charge in [0, 0.05) is 38.3 Å². The number of amides is 1. The first kappa shape index (κ1) is 15.7. The zero-order valence-electron chi connectivity index (χ0n) is 10.9. The van der Waals surface area contributed by atoms with Gasteiger partial charge in [-0.15, -0.1) is 12.4 Å². The lowest BCUT2D eigenvalue weighted by Gasteiger charge is -2.29. The number of carbonyl (C=O) groups is 1. The summed E-state index contributed by atoms with van der Waals surface area (Å²) in [4.78, 5) is 13.6. The van der Waals surface area contributed by atoms with E-state index in [1.807, 2.05) is 11.8 Å². The van der Waals surface area contributed by atoms with E-state index in [0.717, 1.165) is 26.2 Å². The first-order valence-electron chi connectivity index (χ1n) is 6.25. The summed E-state index contributed by atoms with van der Waals surface area (Å²) in [7, 11) is 0. The molecule has 1 aliphatic heterocycles. The number of rotatable bonds is 3. The van der Waals surface area contributed by atoms with Crippen LogP contribution in [-0.2, 0) is 0 Å². The fraction of sp³-hybridized carbons (Fsp3) is 0.462. The maximum atomic E-state index is 14.0. The first-order valence-corrected chi connectivity index (χ1v) is 6.25. The Morgan fingerprint density at radius 3 is 2.68 bits per heavy atom. The van der Waals surface area contributed by atoms with Crippen molar-refractivity contribution >= 4 is 24.0 Å². The van der Waals surface area contributed by atoms with Gasteiger partial charge in [-0.2, -0.15) is 0 Å². The van der Waals surface area contributed by atoms with E-state index < -0.39 is 0 Å². The summed E-state index contributed by atoms with van der Waals surface area (Å²) in [5.74, 6) is -0.566. The molecule has 1 saturated heterocycles. The van der Waals surface area contributed by atoms with E-state index in [-0.39, 0.29) is 24.1 Å². The van der Waals surface area contributed by atoms with Gasteiger partial charge in [0.2, 0.25) is 0 Å². The minimum Gasteiger partial charge on any atom is -0.367 e. The molecule has 0 radical (unpaired) electrons. The average Bonchev–Trinajstić information content (AvgIpc) is 2.40. The van der Waals surface area contributed by atoms with E-state index in [1.54, 1.807) is 12.1 Å². The molecule has 0 unspecified atom stereocenters. The number of carbonyl (C=O) groups excluding carboxylic acids is 1. The first-order chi connectivity index (χ1) is 8.72. The van der Waals surface area contributed by atoms with Crippen LogP contribution in [0.5, 0.6) is 0 Å². The number of hydrogen-bond donors (Lipinski definition) is 2. The molecule has 1 aromatic carbocycles. The van der Waals surface area contributed by atoms with Gasteiger partial charge >= 0.3 is 0 Å². The van der Waals surface area contributed by atoms with Gasteiger partial charge in [0.1, 0.15) is 5.82 Å². The van der Waals surface area contributed by atoms with Crippen molar-refractivity contribution in [3.8, 4) is 0 Å². The highest BCUT2D eigenvalue weighted by Crippen LogP contribution is 2.20. The van der Waals surface area contributed by atoms with E-state index >= 15 is 0 Å². The molecule has 2 N–H and O–H groups in total. The zero-order valence-corrected chi connectivity index (χ0v) is 11.7. The minimum absolute atomic E-state index is 0. The SMILES string of the molecule is CCNC(=O)c1ccc(N2CCNCC2)c(F)c1.Cl. The summed E-state index contributed by atoms with van der Waals surface area (Å²) in [6.45, 7) is 5.67. The van der Waals surface area contributed by atoms with Gasteiger partial charge in [0.25, 0.3) is 5.91 Å². The van der Waals surface area contributed by atoms with E-state index in [2.05, 4.69) is 10.6 Å². The molecule has 1 heterocycles. The van der Waals surface area contributed by atoms with Crippen molar-refractivity contribution in [1.82, 2.24) is 10.6 Å².